The molecule has 0 aliphatic carbocycles. The summed E-state index contributed by atoms with van der Waals surface area (Å²) in [6.45, 7) is 0. The quantitative estimate of drug-likeness (QED) is 0.726. The Morgan fingerprint density at radius 3 is 2.68 bits per heavy atom. The molecule has 1 amide bonds. The molecule has 0 spiro atoms. The zero-order valence-electron chi connectivity index (χ0n) is 11.2. The van der Waals surface area contributed by atoms with E-state index in [1.54, 1.807) is 36.5 Å². The number of halogens is 2. The van der Waals surface area contributed by atoms with Gasteiger partial charge in [-0.15, -0.1) is 0 Å². The van der Waals surface area contributed by atoms with Gasteiger partial charge in [-0.2, -0.15) is 0 Å². The van der Waals surface area contributed by atoms with Crippen LogP contribution in [-0.2, 0) is 0 Å². The van der Waals surface area contributed by atoms with Gasteiger partial charge in [-0.25, -0.2) is 0 Å². The van der Waals surface area contributed by atoms with Crippen LogP contribution in [0.3, 0.4) is 0 Å². The fourth-order valence-corrected chi connectivity index (χ4v) is 2.38. The highest BCUT2D eigenvalue weighted by Gasteiger charge is 2.15. The van der Waals surface area contributed by atoms with Crippen molar-refractivity contribution in [2.75, 3.05) is 5.32 Å². The zero-order valence-corrected chi connectivity index (χ0v) is 12.7. The number of amides is 1. The normalized spacial score (nSPS) is 10.6. The number of fused-ring (bicyclic) bond motifs is 1. The molecule has 22 heavy (non-hydrogen) atoms. The Bertz CT molecular complexity index is 881. The number of carbonyl (C=O) groups is 1. The molecule has 0 aliphatic rings. The first-order valence-electron chi connectivity index (χ1n) is 6.39. The number of pyridine rings is 1. The lowest BCUT2D eigenvalue weighted by Gasteiger charge is -2.09. The molecule has 2 aromatic carbocycles. The first-order valence-corrected chi connectivity index (χ1v) is 7.15. The third kappa shape index (κ3) is 2.71. The van der Waals surface area contributed by atoms with Crippen molar-refractivity contribution in [1.82, 2.24) is 4.98 Å². The molecule has 3 rings (SSSR count). The number of nitrogens with zero attached hydrogens (tertiary/aromatic N) is 1. The number of nitrogens with one attached hydrogen (secondary N) is 1. The van der Waals surface area contributed by atoms with Crippen molar-refractivity contribution < 1.29 is 9.90 Å². The van der Waals surface area contributed by atoms with Crippen molar-refractivity contribution in [1.29, 1.82) is 0 Å². The van der Waals surface area contributed by atoms with Gasteiger partial charge in [0.1, 0.15) is 5.52 Å². The highest BCUT2D eigenvalue weighted by molar-refractivity contribution is 6.42. The SMILES string of the molecule is O=C(Nc1ccc(Cl)c(Cl)c1)c1ccc2cccnc2c1O. The molecule has 1 heterocycles. The molecule has 0 unspecified atom stereocenters. The van der Waals surface area contributed by atoms with Crippen LogP contribution in [0.4, 0.5) is 5.69 Å². The van der Waals surface area contributed by atoms with Crippen LogP contribution in [0.2, 0.25) is 10.0 Å². The molecule has 0 fully saturated rings. The Hall–Kier alpha value is -2.30. The average Bonchev–Trinajstić information content (AvgIpc) is 2.51. The molecule has 0 saturated heterocycles. The third-order valence-corrected chi connectivity index (χ3v) is 3.91. The Morgan fingerprint density at radius 2 is 1.91 bits per heavy atom. The summed E-state index contributed by atoms with van der Waals surface area (Å²) in [6.07, 6.45) is 1.56. The van der Waals surface area contributed by atoms with Gasteiger partial charge in [-0.3, -0.25) is 9.78 Å². The van der Waals surface area contributed by atoms with Crippen molar-refractivity contribution in [3.8, 4) is 5.75 Å². The van der Waals surface area contributed by atoms with Gasteiger partial charge in [0.2, 0.25) is 0 Å². The minimum absolute atomic E-state index is 0.136. The molecule has 0 atom stereocenters. The monoisotopic (exact) mass is 332 g/mol. The number of benzene rings is 2. The zero-order chi connectivity index (χ0) is 15.7. The van der Waals surface area contributed by atoms with E-state index in [2.05, 4.69) is 10.3 Å². The highest BCUT2D eigenvalue weighted by Crippen LogP contribution is 2.29. The molecule has 1 aromatic heterocycles. The van der Waals surface area contributed by atoms with E-state index >= 15 is 0 Å². The minimum atomic E-state index is -0.455. The van der Waals surface area contributed by atoms with Crippen LogP contribution in [0.1, 0.15) is 10.4 Å². The second kappa shape index (κ2) is 5.83. The number of anilines is 1. The van der Waals surface area contributed by atoms with Gasteiger partial charge in [0.15, 0.2) is 5.75 Å². The number of hydrogen-bond donors (Lipinski definition) is 2. The predicted molar refractivity (Wildman–Crippen MR) is 87.8 cm³/mol. The van der Waals surface area contributed by atoms with Gasteiger partial charge in [0, 0.05) is 17.3 Å². The van der Waals surface area contributed by atoms with Crippen molar-refractivity contribution in [3.63, 3.8) is 0 Å². The number of rotatable bonds is 2. The van der Waals surface area contributed by atoms with Crippen molar-refractivity contribution in [2.45, 2.75) is 0 Å². The van der Waals surface area contributed by atoms with Crippen LogP contribution in [0.25, 0.3) is 10.9 Å². The number of carbonyl (C=O) groups excluding carboxylic acids is 1. The topological polar surface area (TPSA) is 62.2 Å². The molecule has 4 nitrogen and oxygen atoms in total. The smallest absolute Gasteiger partial charge is 0.259 e. The summed E-state index contributed by atoms with van der Waals surface area (Å²) >= 11 is 11.7. The molecular formula is C16H10Cl2N2O2. The van der Waals surface area contributed by atoms with Gasteiger partial charge in [-0.05, 0) is 30.3 Å². The van der Waals surface area contributed by atoms with Crippen molar-refractivity contribution in [3.05, 3.63) is 64.3 Å². The van der Waals surface area contributed by atoms with E-state index in [4.69, 9.17) is 23.2 Å². The predicted octanol–water partition coefficient (Wildman–Crippen LogP) is 4.50. The lowest BCUT2D eigenvalue weighted by molar-refractivity contribution is 0.102. The van der Waals surface area contributed by atoms with Crippen LogP contribution in [0, 0.1) is 0 Å². The Kier molecular flexibility index (Phi) is 3.88. The third-order valence-electron chi connectivity index (χ3n) is 3.17. The second-order valence-electron chi connectivity index (χ2n) is 4.62. The molecule has 0 aliphatic heterocycles. The lowest BCUT2D eigenvalue weighted by Crippen LogP contribution is -2.12. The van der Waals surface area contributed by atoms with Crippen LogP contribution in [-0.4, -0.2) is 16.0 Å². The second-order valence-corrected chi connectivity index (χ2v) is 5.43. The van der Waals surface area contributed by atoms with E-state index in [1.165, 1.54) is 6.07 Å². The number of aromatic nitrogens is 1. The molecule has 0 bridgehead atoms. The highest BCUT2D eigenvalue weighted by atomic mass is 35.5. The summed E-state index contributed by atoms with van der Waals surface area (Å²) < 4.78 is 0. The Balaban J connectivity index is 1.95. The standard InChI is InChI=1S/C16H10Cl2N2O2/c17-12-6-4-10(8-13(12)18)20-16(22)11-5-3-9-2-1-7-19-14(9)15(11)21/h1-8,21H,(H,20,22). The fourth-order valence-electron chi connectivity index (χ4n) is 2.09. The van der Waals surface area contributed by atoms with Crippen molar-refractivity contribution >= 4 is 45.7 Å². The maximum absolute atomic E-state index is 12.3. The van der Waals surface area contributed by atoms with Gasteiger partial charge in [-0.1, -0.05) is 35.3 Å². The molecule has 0 saturated carbocycles. The Morgan fingerprint density at radius 1 is 1.09 bits per heavy atom. The fraction of sp³-hybridized carbons (Fsp3) is 0. The summed E-state index contributed by atoms with van der Waals surface area (Å²) in [6, 6.07) is 11.6. The molecular weight excluding hydrogens is 323 g/mol. The van der Waals surface area contributed by atoms with E-state index in [1.807, 2.05) is 6.07 Å². The van der Waals surface area contributed by atoms with Gasteiger partial charge in [0.05, 0.1) is 15.6 Å². The first kappa shape index (κ1) is 14.6. The van der Waals surface area contributed by atoms with E-state index in [0.717, 1.165) is 5.39 Å². The maximum Gasteiger partial charge on any atom is 0.259 e. The summed E-state index contributed by atoms with van der Waals surface area (Å²) in [5.74, 6) is -0.612. The van der Waals surface area contributed by atoms with Gasteiger partial charge in [0.25, 0.3) is 5.91 Å². The minimum Gasteiger partial charge on any atom is -0.505 e. The lowest BCUT2D eigenvalue weighted by atomic mass is 10.1. The molecule has 3 aromatic rings. The summed E-state index contributed by atoms with van der Waals surface area (Å²) in [7, 11) is 0. The number of hydrogen-bond acceptors (Lipinski definition) is 3. The molecule has 0 radical (unpaired) electrons. The number of phenols is 1. The van der Waals surface area contributed by atoms with Crippen LogP contribution in [0.15, 0.2) is 48.7 Å². The number of aromatic hydroxyl groups is 1. The van der Waals surface area contributed by atoms with E-state index in [-0.39, 0.29) is 11.3 Å². The molecule has 6 heteroatoms. The van der Waals surface area contributed by atoms with E-state index in [9.17, 15) is 9.90 Å². The summed E-state index contributed by atoms with van der Waals surface area (Å²) in [5.41, 5.74) is 1.00. The van der Waals surface area contributed by atoms with E-state index < -0.39 is 5.91 Å². The van der Waals surface area contributed by atoms with Crippen LogP contribution in [0.5, 0.6) is 5.75 Å². The van der Waals surface area contributed by atoms with Gasteiger partial charge < -0.3 is 10.4 Å². The van der Waals surface area contributed by atoms with Crippen molar-refractivity contribution in [2.24, 2.45) is 0 Å². The Labute approximate surface area is 136 Å². The summed E-state index contributed by atoms with van der Waals surface area (Å²) in [4.78, 5) is 16.4. The first-order chi connectivity index (χ1) is 10.6. The molecule has 110 valence electrons. The van der Waals surface area contributed by atoms with Crippen LogP contribution >= 0.6 is 23.2 Å². The molecule has 2 N–H and O–H groups in total. The van der Waals surface area contributed by atoms with Gasteiger partial charge >= 0.3 is 0 Å². The summed E-state index contributed by atoms with van der Waals surface area (Å²) in [5, 5.41) is 14.4. The largest absolute Gasteiger partial charge is 0.505 e. The average molecular weight is 333 g/mol. The maximum atomic E-state index is 12.3. The van der Waals surface area contributed by atoms with Crippen LogP contribution < -0.4 is 5.32 Å². The van der Waals surface area contributed by atoms with E-state index in [0.29, 0.717) is 21.2 Å². The number of phenolic OH excluding ortho intramolecular Hbond substituents is 1.